The van der Waals surface area contributed by atoms with E-state index in [2.05, 4.69) is 15.3 Å². The van der Waals surface area contributed by atoms with Gasteiger partial charge in [0.1, 0.15) is 0 Å². The second-order valence-electron chi connectivity index (χ2n) is 6.10. The smallest absolute Gasteiger partial charge is 0.258 e. The van der Waals surface area contributed by atoms with Crippen molar-refractivity contribution in [3.05, 3.63) is 75.6 Å². The number of amides is 1. The summed E-state index contributed by atoms with van der Waals surface area (Å²) in [5.41, 5.74) is 1.28. The first-order valence-electron chi connectivity index (χ1n) is 8.43. The first kappa shape index (κ1) is 20.0. The molecule has 5 nitrogen and oxygen atoms in total. The maximum Gasteiger partial charge on any atom is 0.258 e. The number of carbonyl (C=O) groups is 1. The van der Waals surface area contributed by atoms with Crippen LogP contribution in [0, 0.1) is 0 Å². The highest BCUT2D eigenvalue weighted by Gasteiger charge is 2.18. The van der Waals surface area contributed by atoms with Gasteiger partial charge in [-0.15, -0.1) is 0 Å². The highest BCUT2D eigenvalue weighted by molar-refractivity contribution is 7.99. The number of aryl methyl sites for hydroxylation is 1. The fourth-order valence-corrected chi connectivity index (χ4v) is 4.66. The van der Waals surface area contributed by atoms with Crippen molar-refractivity contribution >= 4 is 69.1 Å². The number of hydrogen-bond donors (Lipinski definition) is 1. The van der Waals surface area contributed by atoms with Gasteiger partial charge in [-0.3, -0.25) is 9.78 Å². The predicted octanol–water partition coefficient (Wildman–Crippen LogP) is 6.33. The number of imidazole rings is 1. The number of anilines is 1. The Morgan fingerprint density at radius 3 is 2.45 bits per heavy atom. The number of rotatable bonds is 4. The van der Waals surface area contributed by atoms with Gasteiger partial charge in [-0.05, 0) is 30.3 Å². The minimum absolute atomic E-state index is 0.206. The van der Waals surface area contributed by atoms with Crippen molar-refractivity contribution in [2.24, 2.45) is 7.05 Å². The molecule has 0 aliphatic rings. The summed E-state index contributed by atoms with van der Waals surface area (Å²) < 4.78 is 1.91. The van der Waals surface area contributed by atoms with Gasteiger partial charge in [-0.25, -0.2) is 4.98 Å². The molecule has 0 aliphatic heterocycles. The molecule has 0 fully saturated rings. The second kappa shape index (κ2) is 8.24. The van der Waals surface area contributed by atoms with Gasteiger partial charge in [-0.1, -0.05) is 52.6 Å². The molecule has 0 saturated heterocycles. The third-order valence-electron chi connectivity index (χ3n) is 4.22. The van der Waals surface area contributed by atoms with Crippen LogP contribution in [0.4, 0.5) is 5.69 Å². The number of nitrogens with one attached hydrogen (secondary N) is 1. The molecule has 0 atom stereocenters. The molecule has 29 heavy (non-hydrogen) atoms. The molecule has 0 unspecified atom stereocenters. The van der Waals surface area contributed by atoms with Crippen LogP contribution in [-0.2, 0) is 7.05 Å². The molecule has 2 aromatic heterocycles. The summed E-state index contributed by atoms with van der Waals surface area (Å²) in [6, 6.07) is 10.2. The number of nitrogens with zero attached hydrogens (tertiary/aromatic N) is 3. The molecule has 1 N–H and O–H groups in total. The zero-order valence-electron chi connectivity index (χ0n) is 15.0. The third-order valence-corrected chi connectivity index (χ3v) is 6.30. The standard InChI is InChI=1S/C20H13Cl3N4OS/c1-27-10-9-25-20(27)29-15-7-8-24-18-14(6-5-13(23)17(15)18)26-19(28)16-11(21)3-2-4-12(16)22/h2-10H,1H3,(H,26,28). The van der Waals surface area contributed by atoms with Crippen molar-refractivity contribution in [2.45, 2.75) is 10.1 Å². The average molecular weight is 464 g/mol. The minimum Gasteiger partial charge on any atom is -0.329 e. The summed E-state index contributed by atoms with van der Waals surface area (Å²) >= 11 is 20.3. The lowest BCUT2D eigenvalue weighted by molar-refractivity contribution is 0.102. The Labute approximate surface area is 186 Å². The van der Waals surface area contributed by atoms with Crippen LogP contribution in [0.2, 0.25) is 15.1 Å². The Morgan fingerprint density at radius 1 is 1.00 bits per heavy atom. The van der Waals surface area contributed by atoms with Gasteiger partial charge in [0, 0.05) is 35.9 Å². The van der Waals surface area contributed by atoms with E-state index >= 15 is 0 Å². The highest BCUT2D eigenvalue weighted by Crippen LogP contribution is 2.38. The summed E-state index contributed by atoms with van der Waals surface area (Å²) in [6.07, 6.45) is 5.26. The van der Waals surface area contributed by atoms with E-state index in [0.717, 1.165) is 15.4 Å². The summed E-state index contributed by atoms with van der Waals surface area (Å²) in [6.45, 7) is 0. The normalized spacial score (nSPS) is 11.0. The maximum absolute atomic E-state index is 12.8. The topological polar surface area (TPSA) is 59.8 Å². The first-order chi connectivity index (χ1) is 14.0. The lowest BCUT2D eigenvalue weighted by Gasteiger charge is -2.13. The molecule has 9 heteroatoms. The van der Waals surface area contributed by atoms with Crippen molar-refractivity contribution in [2.75, 3.05) is 5.32 Å². The summed E-state index contributed by atoms with van der Waals surface area (Å²) in [7, 11) is 1.92. The molecule has 4 aromatic rings. The van der Waals surface area contributed by atoms with Crippen molar-refractivity contribution in [3.8, 4) is 0 Å². The fraction of sp³-hybridized carbons (Fsp3) is 0.0500. The summed E-state index contributed by atoms with van der Waals surface area (Å²) in [5.74, 6) is -0.423. The van der Waals surface area contributed by atoms with Crippen molar-refractivity contribution in [1.29, 1.82) is 0 Å². The number of carbonyl (C=O) groups excluding carboxylic acids is 1. The molecule has 1 amide bonds. The van der Waals surface area contributed by atoms with Gasteiger partial charge in [0.15, 0.2) is 5.16 Å². The Balaban J connectivity index is 1.77. The molecule has 0 bridgehead atoms. The van der Waals surface area contributed by atoms with Crippen molar-refractivity contribution in [1.82, 2.24) is 14.5 Å². The van der Waals surface area contributed by atoms with Gasteiger partial charge in [-0.2, -0.15) is 0 Å². The van der Waals surface area contributed by atoms with Crippen LogP contribution < -0.4 is 5.32 Å². The van der Waals surface area contributed by atoms with Crippen LogP contribution in [0.5, 0.6) is 0 Å². The minimum atomic E-state index is -0.423. The molecule has 146 valence electrons. The van der Waals surface area contributed by atoms with Gasteiger partial charge in [0.2, 0.25) is 0 Å². The lowest BCUT2D eigenvalue weighted by atomic mass is 10.1. The van der Waals surface area contributed by atoms with E-state index in [1.54, 1.807) is 42.7 Å². The zero-order valence-corrected chi connectivity index (χ0v) is 18.1. The molecule has 2 heterocycles. The maximum atomic E-state index is 12.8. The van der Waals surface area contributed by atoms with E-state index in [1.807, 2.05) is 23.9 Å². The zero-order chi connectivity index (χ0) is 20.5. The summed E-state index contributed by atoms with van der Waals surface area (Å²) in [5, 5.41) is 5.45. The number of pyridine rings is 1. The van der Waals surface area contributed by atoms with Gasteiger partial charge < -0.3 is 9.88 Å². The largest absolute Gasteiger partial charge is 0.329 e. The van der Waals surface area contributed by atoms with Crippen LogP contribution in [0.15, 0.2) is 65.0 Å². The number of aromatic nitrogens is 3. The van der Waals surface area contributed by atoms with Crippen LogP contribution >= 0.6 is 46.6 Å². The second-order valence-corrected chi connectivity index (χ2v) is 8.33. The molecule has 0 radical (unpaired) electrons. The predicted molar refractivity (Wildman–Crippen MR) is 118 cm³/mol. The van der Waals surface area contributed by atoms with Gasteiger partial charge >= 0.3 is 0 Å². The van der Waals surface area contributed by atoms with E-state index < -0.39 is 5.91 Å². The first-order valence-corrected chi connectivity index (χ1v) is 10.4. The number of hydrogen-bond acceptors (Lipinski definition) is 4. The molecule has 2 aromatic carbocycles. The fourth-order valence-electron chi connectivity index (χ4n) is 2.83. The summed E-state index contributed by atoms with van der Waals surface area (Å²) in [4.78, 5) is 22.5. The number of halogens is 3. The Morgan fingerprint density at radius 2 is 1.76 bits per heavy atom. The highest BCUT2D eigenvalue weighted by atomic mass is 35.5. The number of fused-ring (bicyclic) bond motifs is 1. The van der Waals surface area contributed by atoms with Crippen LogP contribution in [0.1, 0.15) is 10.4 Å². The molecule has 0 saturated carbocycles. The molecular weight excluding hydrogens is 451 g/mol. The Kier molecular flexibility index (Phi) is 5.69. The Bertz CT molecular complexity index is 1220. The van der Waals surface area contributed by atoms with Crippen LogP contribution in [0.3, 0.4) is 0 Å². The lowest BCUT2D eigenvalue weighted by Crippen LogP contribution is -2.13. The van der Waals surface area contributed by atoms with Crippen LogP contribution in [-0.4, -0.2) is 20.4 Å². The molecule has 0 spiro atoms. The average Bonchev–Trinajstić information content (AvgIpc) is 3.08. The van der Waals surface area contributed by atoms with E-state index in [0.29, 0.717) is 16.2 Å². The third kappa shape index (κ3) is 3.94. The van der Waals surface area contributed by atoms with E-state index in [9.17, 15) is 4.79 Å². The van der Waals surface area contributed by atoms with Gasteiger partial charge in [0.05, 0.1) is 31.8 Å². The van der Waals surface area contributed by atoms with E-state index in [1.165, 1.54) is 11.8 Å². The molecule has 4 rings (SSSR count). The van der Waals surface area contributed by atoms with Crippen LogP contribution in [0.25, 0.3) is 10.9 Å². The van der Waals surface area contributed by atoms with E-state index in [-0.39, 0.29) is 15.6 Å². The molecular formula is C20H13Cl3N4OS. The quantitative estimate of drug-likeness (QED) is 0.384. The van der Waals surface area contributed by atoms with Crippen molar-refractivity contribution < 1.29 is 4.79 Å². The SMILES string of the molecule is Cn1ccnc1Sc1ccnc2c(NC(=O)c3c(Cl)cccc3Cl)ccc(Cl)c12. The molecule has 0 aliphatic carbocycles. The van der Waals surface area contributed by atoms with Gasteiger partial charge in [0.25, 0.3) is 5.91 Å². The monoisotopic (exact) mass is 462 g/mol. The van der Waals surface area contributed by atoms with E-state index in [4.69, 9.17) is 34.8 Å². The number of benzene rings is 2. The Hall–Kier alpha value is -2.25. The van der Waals surface area contributed by atoms with Crippen molar-refractivity contribution in [3.63, 3.8) is 0 Å².